The topological polar surface area (TPSA) is 52.9 Å². The number of carbonyl (C=O) groups excluding carboxylic acids is 1. The van der Waals surface area contributed by atoms with E-state index >= 15 is 0 Å². The number of hydrogen-bond donors (Lipinski definition) is 1. The Hall–Kier alpha value is -1.82. The first kappa shape index (κ1) is 13.2. The van der Waals surface area contributed by atoms with E-state index in [-0.39, 0.29) is 11.8 Å². The molecule has 0 saturated carbocycles. The number of carbonyl (C=O) groups is 1. The van der Waals surface area contributed by atoms with Crippen molar-refractivity contribution in [2.75, 3.05) is 0 Å². The van der Waals surface area contributed by atoms with E-state index in [2.05, 4.69) is 11.4 Å². The van der Waals surface area contributed by atoms with E-state index in [0.717, 1.165) is 5.56 Å². The summed E-state index contributed by atoms with van der Waals surface area (Å²) in [4.78, 5) is 11.7. The quantitative estimate of drug-likeness (QED) is 0.862. The van der Waals surface area contributed by atoms with Gasteiger partial charge in [0, 0.05) is 0 Å². The molecule has 1 rings (SSSR count). The lowest BCUT2D eigenvalue weighted by molar-refractivity contribution is -0.121. The van der Waals surface area contributed by atoms with Crippen LogP contribution in [0.2, 0.25) is 0 Å². The highest BCUT2D eigenvalue weighted by molar-refractivity contribution is 5.79. The van der Waals surface area contributed by atoms with Crippen LogP contribution in [-0.4, -0.2) is 11.9 Å². The number of hydrogen-bond acceptors (Lipinski definition) is 2. The van der Waals surface area contributed by atoms with Crippen molar-refractivity contribution in [2.24, 2.45) is 5.92 Å². The molecular weight excluding hydrogens is 212 g/mol. The molecule has 90 valence electrons. The van der Waals surface area contributed by atoms with Gasteiger partial charge in [0.05, 0.1) is 12.5 Å². The molecule has 0 heterocycles. The Balaban J connectivity index is 2.55. The predicted molar refractivity (Wildman–Crippen MR) is 67.3 cm³/mol. The van der Waals surface area contributed by atoms with Gasteiger partial charge in [-0.25, -0.2) is 0 Å². The lowest BCUT2D eigenvalue weighted by atomic mass is 10.0. The molecule has 3 nitrogen and oxygen atoms in total. The molecule has 0 spiro atoms. The Kier molecular flexibility index (Phi) is 4.71. The molecule has 0 aliphatic carbocycles. The number of benzene rings is 1. The largest absolute Gasteiger partial charge is 0.340 e. The summed E-state index contributed by atoms with van der Waals surface area (Å²) in [5, 5.41) is 11.6. The molecule has 0 radical (unpaired) electrons. The molecule has 0 aliphatic heterocycles. The minimum atomic E-state index is -0.409. The van der Waals surface area contributed by atoms with Crippen LogP contribution in [0.3, 0.4) is 0 Å². The van der Waals surface area contributed by atoms with Crippen LogP contribution < -0.4 is 5.32 Å². The minimum absolute atomic E-state index is 0.103. The van der Waals surface area contributed by atoms with Gasteiger partial charge in [-0.05, 0) is 18.4 Å². The van der Waals surface area contributed by atoms with Gasteiger partial charge >= 0.3 is 0 Å². The molecule has 1 unspecified atom stereocenters. The van der Waals surface area contributed by atoms with Crippen molar-refractivity contribution in [3.8, 4) is 6.07 Å². The monoisotopic (exact) mass is 230 g/mol. The third-order valence-corrected chi connectivity index (χ3v) is 2.61. The fourth-order valence-corrected chi connectivity index (χ4v) is 1.46. The first-order chi connectivity index (χ1) is 8.02. The zero-order valence-corrected chi connectivity index (χ0v) is 10.5. The van der Waals surface area contributed by atoms with Crippen LogP contribution in [0, 0.1) is 24.2 Å². The third kappa shape index (κ3) is 4.28. The van der Waals surface area contributed by atoms with Crippen molar-refractivity contribution < 1.29 is 4.79 Å². The van der Waals surface area contributed by atoms with Crippen LogP contribution in [0.4, 0.5) is 0 Å². The van der Waals surface area contributed by atoms with E-state index in [9.17, 15) is 4.79 Å². The highest BCUT2D eigenvalue weighted by Crippen LogP contribution is 2.05. The Morgan fingerprint density at radius 3 is 2.41 bits per heavy atom. The molecule has 1 aromatic rings. The standard InChI is InChI=1S/C14H18N2O/c1-10(2)13(9-15)16-14(17)8-12-6-4-11(3)5-7-12/h4-7,10,13H,8H2,1-3H3,(H,16,17). The molecule has 1 N–H and O–H groups in total. The van der Waals surface area contributed by atoms with E-state index in [1.54, 1.807) is 0 Å². The van der Waals surface area contributed by atoms with Gasteiger partial charge in [0.25, 0.3) is 0 Å². The Morgan fingerprint density at radius 2 is 1.94 bits per heavy atom. The van der Waals surface area contributed by atoms with Crippen molar-refractivity contribution in [2.45, 2.75) is 33.2 Å². The normalized spacial score (nSPS) is 11.9. The number of nitrogens with one attached hydrogen (secondary N) is 1. The maximum absolute atomic E-state index is 11.7. The van der Waals surface area contributed by atoms with Crippen molar-refractivity contribution in [1.82, 2.24) is 5.32 Å². The summed E-state index contributed by atoms with van der Waals surface area (Å²) in [7, 11) is 0. The second-order valence-corrected chi connectivity index (χ2v) is 4.58. The maximum Gasteiger partial charge on any atom is 0.225 e. The van der Waals surface area contributed by atoms with E-state index in [1.807, 2.05) is 45.0 Å². The lowest BCUT2D eigenvalue weighted by Crippen LogP contribution is -2.38. The van der Waals surface area contributed by atoms with E-state index in [1.165, 1.54) is 5.56 Å². The first-order valence-electron chi connectivity index (χ1n) is 5.77. The van der Waals surface area contributed by atoms with Crippen LogP contribution in [0.15, 0.2) is 24.3 Å². The highest BCUT2D eigenvalue weighted by Gasteiger charge is 2.15. The number of rotatable bonds is 4. The summed E-state index contributed by atoms with van der Waals surface area (Å²) in [5.41, 5.74) is 2.14. The Labute approximate surface area is 102 Å². The summed E-state index contributed by atoms with van der Waals surface area (Å²) in [6.45, 7) is 5.84. The van der Waals surface area contributed by atoms with E-state index in [0.29, 0.717) is 6.42 Å². The molecule has 0 aromatic heterocycles. The van der Waals surface area contributed by atoms with Crippen LogP contribution >= 0.6 is 0 Å². The average molecular weight is 230 g/mol. The predicted octanol–water partition coefficient (Wildman–Crippen LogP) is 2.20. The van der Waals surface area contributed by atoms with Gasteiger partial charge in [-0.3, -0.25) is 4.79 Å². The van der Waals surface area contributed by atoms with Crippen LogP contribution in [0.25, 0.3) is 0 Å². The fourth-order valence-electron chi connectivity index (χ4n) is 1.46. The van der Waals surface area contributed by atoms with Gasteiger partial charge < -0.3 is 5.32 Å². The molecule has 0 fully saturated rings. The molecule has 1 amide bonds. The smallest absolute Gasteiger partial charge is 0.225 e. The van der Waals surface area contributed by atoms with Gasteiger partial charge in [-0.15, -0.1) is 0 Å². The molecule has 0 bridgehead atoms. The molecule has 1 atom stereocenters. The Bertz CT molecular complexity index is 415. The first-order valence-corrected chi connectivity index (χ1v) is 5.77. The Morgan fingerprint density at radius 1 is 1.35 bits per heavy atom. The molecular formula is C14H18N2O. The van der Waals surface area contributed by atoms with E-state index in [4.69, 9.17) is 5.26 Å². The van der Waals surface area contributed by atoms with Crippen molar-refractivity contribution in [3.05, 3.63) is 35.4 Å². The highest BCUT2D eigenvalue weighted by atomic mass is 16.1. The molecule has 17 heavy (non-hydrogen) atoms. The van der Waals surface area contributed by atoms with Crippen LogP contribution in [0.5, 0.6) is 0 Å². The zero-order chi connectivity index (χ0) is 12.8. The van der Waals surface area contributed by atoms with Crippen molar-refractivity contribution in [3.63, 3.8) is 0 Å². The van der Waals surface area contributed by atoms with Gasteiger partial charge in [0.15, 0.2) is 0 Å². The third-order valence-electron chi connectivity index (χ3n) is 2.61. The SMILES string of the molecule is Cc1ccc(CC(=O)NC(C#N)C(C)C)cc1. The second-order valence-electron chi connectivity index (χ2n) is 4.58. The summed E-state index contributed by atoms with van der Waals surface area (Å²) in [5.74, 6) is 0.0241. The van der Waals surface area contributed by atoms with Crippen molar-refractivity contribution in [1.29, 1.82) is 5.26 Å². The number of nitrogens with zero attached hydrogens (tertiary/aromatic N) is 1. The summed E-state index contributed by atoms with van der Waals surface area (Å²) in [6, 6.07) is 9.52. The lowest BCUT2D eigenvalue weighted by Gasteiger charge is -2.14. The molecule has 1 aromatic carbocycles. The summed E-state index contributed by atoms with van der Waals surface area (Å²) >= 11 is 0. The summed E-state index contributed by atoms with van der Waals surface area (Å²) < 4.78 is 0. The molecule has 3 heteroatoms. The molecule has 0 saturated heterocycles. The number of nitriles is 1. The van der Waals surface area contributed by atoms with Gasteiger partial charge in [0.2, 0.25) is 5.91 Å². The fraction of sp³-hybridized carbons (Fsp3) is 0.429. The number of amides is 1. The van der Waals surface area contributed by atoms with Gasteiger partial charge in [-0.1, -0.05) is 43.7 Å². The van der Waals surface area contributed by atoms with Crippen LogP contribution in [0.1, 0.15) is 25.0 Å². The summed E-state index contributed by atoms with van der Waals surface area (Å²) in [6.07, 6.45) is 0.325. The average Bonchev–Trinajstić information content (AvgIpc) is 2.28. The number of aryl methyl sites for hydroxylation is 1. The second kappa shape index (κ2) is 6.05. The minimum Gasteiger partial charge on any atom is -0.340 e. The van der Waals surface area contributed by atoms with Gasteiger partial charge in [0.1, 0.15) is 6.04 Å². The zero-order valence-electron chi connectivity index (χ0n) is 10.5. The van der Waals surface area contributed by atoms with Gasteiger partial charge in [-0.2, -0.15) is 5.26 Å². The van der Waals surface area contributed by atoms with E-state index < -0.39 is 6.04 Å². The van der Waals surface area contributed by atoms with Crippen molar-refractivity contribution >= 4 is 5.91 Å². The molecule has 0 aliphatic rings. The van der Waals surface area contributed by atoms with Crippen LogP contribution in [-0.2, 0) is 11.2 Å². The maximum atomic E-state index is 11.7.